The first-order valence-corrected chi connectivity index (χ1v) is 10.5. The lowest BCUT2D eigenvalue weighted by molar-refractivity contribution is -0.121. The van der Waals surface area contributed by atoms with E-state index in [9.17, 15) is 9.59 Å². The number of thioether (sulfide) groups is 1. The van der Waals surface area contributed by atoms with Crippen LogP contribution in [-0.4, -0.2) is 21.2 Å². The number of rotatable bonds is 8. The Morgan fingerprint density at radius 1 is 1.24 bits per heavy atom. The quantitative estimate of drug-likeness (QED) is 0.437. The van der Waals surface area contributed by atoms with Crippen molar-refractivity contribution < 1.29 is 4.79 Å². The minimum atomic E-state index is -0.157. The van der Waals surface area contributed by atoms with Gasteiger partial charge in [0.25, 0.3) is 5.56 Å². The second kappa shape index (κ2) is 10.1. The second-order valence-electron chi connectivity index (χ2n) is 6.33. The summed E-state index contributed by atoms with van der Waals surface area (Å²) in [5.74, 6) is 0.100. The van der Waals surface area contributed by atoms with E-state index in [0.29, 0.717) is 40.6 Å². The number of benzene rings is 2. The Labute approximate surface area is 177 Å². The molecule has 0 fully saturated rings. The average molecular weight is 427 g/mol. The number of nitrogens with zero attached hydrogens (tertiary/aromatic N) is 3. The molecule has 0 bridgehead atoms. The molecule has 0 saturated heterocycles. The summed E-state index contributed by atoms with van der Waals surface area (Å²) < 4.78 is 1.55. The van der Waals surface area contributed by atoms with Crippen LogP contribution in [0.2, 0.25) is 5.02 Å². The molecule has 29 heavy (non-hydrogen) atoms. The van der Waals surface area contributed by atoms with Crippen LogP contribution in [0.5, 0.6) is 0 Å². The van der Waals surface area contributed by atoms with Crippen molar-refractivity contribution in [2.24, 2.45) is 0 Å². The Morgan fingerprint density at radius 3 is 2.86 bits per heavy atom. The van der Waals surface area contributed by atoms with Crippen molar-refractivity contribution in [1.29, 1.82) is 5.26 Å². The molecule has 1 amide bonds. The lowest BCUT2D eigenvalue weighted by atomic mass is 10.2. The molecule has 0 unspecified atom stereocenters. The number of nitriles is 1. The summed E-state index contributed by atoms with van der Waals surface area (Å²) in [6.45, 7) is 0.759. The van der Waals surface area contributed by atoms with Gasteiger partial charge in [0.05, 0.1) is 22.7 Å². The van der Waals surface area contributed by atoms with Crippen molar-refractivity contribution in [3.05, 3.63) is 69.5 Å². The van der Waals surface area contributed by atoms with E-state index in [0.717, 1.165) is 5.56 Å². The van der Waals surface area contributed by atoms with Crippen LogP contribution in [0.25, 0.3) is 10.9 Å². The van der Waals surface area contributed by atoms with Crippen molar-refractivity contribution >= 4 is 40.2 Å². The van der Waals surface area contributed by atoms with Crippen molar-refractivity contribution in [3.8, 4) is 6.07 Å². The van der Waals surface area contributed by atoms with Crippen molar-refractivity contribution in [3.63, 3.8) is 0 Å². The molecule has 1 aromatic heterocycles. The molecule has 1 N–H and O–H groups in total. The third-order valence-corrected chi connectivity index (χ3v) is 5.34. The highest BCUT2D eigenvalue weighted by Crippen LogP contribution is 2.18. The van der Waals surface area contributed by atoms with Gasteiger partial charge in [0, 0.05) is 24.5 Å². The van der Waals surface area contributed by atoms with Crippen LogP contribution in [-0.2, 0) is 17.9 Å². The molecule has 0 atom stereocenters. The number of hydrogen-bond donors (Lipinski definition) is 1. The number of fused-ring (bicyclic) bond motifs is 1. The first-order valence-electron chi connectivity index (χ1n) is 9.09. The van der Waals surface area contributed by atoms with E-state index in [-0.39, 0.29) is 23.6 Å². The van der Waals surface area contributed by atoms with Gasteiger partial charge < -0.3 is 5.32 Å². The monoisotopic (exact) mass is 426 g/mol. The van der Waals surface area contributed by atoms with Gasteiger partial charge in [0.2, 0.25) is 5.91 Å². The smallest absolute Gasteiger partial charge is 0.262 e. The van der Waals surface area contributed by atoms with Gasteiger partial charge in [-0.25, -0.2) is 4.98 Å². The van der Waals surface area contributed by atoms with E-state index < -0.39 is 0 Å². The summed E-state index contributed by atoms with van der Waals surface area (Å²) >= 11 is 7.17. The topological polar surface area (TPSA) is 87.8 Å². The lowest BCUT2D eigenvalue weighted by Gasteiger charge is -2.12. The van der Waals surface area contributed by atoms with E-state index in [1.54, 1.807) is 34.9 Å². The lowest BCUT2D eigenvalue weighted by Crippen LogP contribution is -2.26. The minimum Gasteiger partial charge on any atom is -0.352 e. The fourth-order valence-corrected chi connectivity index (χ4v) is 3.79. The van der Waals surface area contributed by atoms with Crippen LogP contribution < -0.4 is 10.9 Å². The molecule has 0 aliphatic heterocycles. The Balaban J connectivity index is 1.64. The summed E-state index contributed by atoms with van der Waals surface area (Å²) in [6, 6.07) is 16.5. The number of para-hydroxylation sites is 1. The molecule has 3 aromatic rings. The standard InChI is InChI=1S/C21H19ClN4O2S/c22-16-6-3-5-15(13-16)14-24-19(27)9-4-11-26-20(28)17-7-1-2-8-18(17)25-21(26)29-12-10-23/h1-3,5-8,13H,4,9,11-12,14H2,(H,24,27). The number of halogens is 1. The Kier molecular flexibility index (Phi) is 7.28. The predicted molar refractivity (Wildman–Crippen MR) is 115 cm³/mol. The zero-order chi connectivity index (χ0) is 20.6. The van der Waals surface area contributed by atoms with Crippen LogP contribution in [0.15, 0.2) is 58.5 Å². The number of hydrogen-bond acceptors (Lipinski definition) is 5. The Bertz CT molecular complexity index is 1120. The molecular weight excluding hydrogens is 408 g/mol. The third kappa shape index (κ3) is 5.59. The molecule has 148 valence electrons. The number of nitrogens with one attached hydrogen (secondary N) is 1. The molecule has 0 aliphatic rings. The van der Waals surface area contributed by atoms with Crippen molar-refractivity contribution in [2.75, 3.05) is 5.75 Å². The number of carbonyl (C=O) groups is 1. The minimum absolute atomic E-state index is 0.0991. The molecule has 0 aliphatic carbocycles. The molecule has 1 heterocycles. The van der Waals surface area contributed by atoms with Gasteiger partial charge in [-0.15, -0.1) is 0 Å². The summed E-state index contributed by atoms with van der Waals surface area (Å²) in [7, 11) is 0. The van der Waals surface area contributed by atoms with Crippen LogP contribution in [0.1, 0.15) is 18.4 Å². The van der Waals surface area contributed by atoms with E-state index in [1.807, 2.05) is 18.2 Å². The molecule has 3 rings (SSSR count). The van der Waals surface area contributed by atoms with Crippen molar-refractivity contribution in [2.45, 2.75) is 31.1 Å². The molecule has 8 heteroatoms. The number of carbonyl (C=O) groups excluding carboxylic acids is 1. The first kappa shape index (κ1) is 20.9. The summed E-state index contributed by atoms with van der Waals surface area (Å²) in [6.07, 6.45) is 0.767. The predicted octanol–water partition coefficient (Wildman–Crippen LogP) is 3.76. The van der Waals surface area contributed by atoms with E-state index in [1.165, 1.54) is 11.8 Å². The maximum absolute atomic E-state index is 12.8. The highest BCUT2D eigenvalue weighted by Gasteiger charge is 2.12. The molecule has 0 spiro atoms. The highest BCUT2D eigenvalue weighted by atomic mass is 35.5. The van der Waals surface area contributed by atoms with Crippen LogP contribution in [0, 0.1) is 11.3 Å². The third-order valence-electron chi connectivity index (χ3n) is 4.26. The van der Waals surface area contributed by atoms with Gasteiger partial charge in [-0.3, -0.25) is 14.2 Å². The fraction of sp³-hybridized carbons (Fsp3) is 0.238. The van der Waals surface area contributed by atoms with E-state index in [2.05, 4.69) is 16.4 Å². The van der Waals surface area contributed by atoms with E-state index >= 15 is 0 Å². The van der Waals surface area contributed by atoms with Gasteiger partial charge in [-0.1, -0.05) is 47.6 Å². The maximum Gasteiger partial charge on any atom is 0.262 e. The zero-order valence-electron chi connectivity index (χ0n) is 15.6. The van der Waals surface area contributed by atoms with Crippen LogP contribution in [0.3, 0.4) is 0 Å². The second-order valence-corrected chi connectivity index (χ2v) is 7.70. The van der Waals surface area contributed by atoms with E-state index in [4.69, 9.17) is 16.9 Å². The Morgan fingerprint density at radius 2 is 2.07 bits per heavy atom. The van der Waals surface area contributed by atoms with Crippen molar-refractivity contribution in [1.82, 2.24) is 14.9 Å². The van der Waals surface area contributed by atoms with Crippen LogP contribution >= 0.6 is 23.4 Å². The first-order chi connectivity index (χ1) is 14.1. The molecule has 6 nitrogen and oxygen atoms in total. The normalized spacial score (nSPS) is 10.6. The van der Waals surface area contributed by atoms with Crippen LogP contribution in [0.4, 0.5) is 0 Å². The highest BCUT2D eigenvalue weighted by molar-refractivity contribution is 7.99. The summed E-state index contributed by atoms with van der Waals surface area (Å²) in [5, 5.41) is 13.4. The Hall–Kier alpha value is -2.82. The largest absolute Gasteiger partial charge is 0.352 e. The van der Waals surface area contributed by atoms with Gasteiger partial charge in [0.15, 0.2) is 5.16 Å². The SMILES string of the molecule is N#CCSc1nc2ccccc2c(=O)n1CCCC(=O)NCc1cccc(Cl)c1. The fourth-order valence-electron chi connectivity index (χ4n) is 2.89. The van der Waals surface area contributed by atoms with Gasteiger partial charge in [-0.2, -0.15) is 5.26 Å². The van der Waals surface area contributed by atoms with Gasteiger partial charge in [0.1, 0.15) is 0 Å². The maximum atomic E-state index is 12.8. The van der Waals surface area contributed by atoms with Gasteiger partial charge >= 0.3 is 0 Å². The zero-order valence-corrected chi connectivity index (χ0v) is 17.2. The number of amides is 1. The molecule has 0 saturated carbocycles. The molecule has 2 aromatic carbocycles. The molecule has 0 radical (unpaired) electrons. The summed E-state index contributed by atoms with van der Waals surface area (Å²) in [4.78, 5) is 29.5. The molecular formula is C21H19ClN4O2S. The average Bonchev–Trinajstić information content (AvgIpc) is 2.72. The summed E-state index contributed by atoms with van der Waals surface area (Å²) in [5.41, 5.74) is 1.37. The van der Waals surface area contributed by atoms with Gasteiger partial charge in [-0.05, 0) is 36.2 Å². The number of aromatic nitrogens is 2.